The van der Waals surface area contributed by atoms with Crippen LogP contribution in [0.3, 0.4) is 0 Å². The molecule has 4 N–H and O–H groups in total. The number of hydrogen-bond donors (Lipinski definition) is 4. The van der Waals surface area contributed by atoms with Gasteiger partial charge in [0.05, 0.1) is 18.8 Å². The van der Waals surface area contributed by atoms with E-state index in [0.29, 0.717) is 30.7 Å². The summed E-state index contributed by atoms with van der Waals surface area (Å²) in [5.74, 6) is 0.259. The average Bonchev–Trinajstić information content (AvgIpc) is 3.42. The Morgan fingerprint density at radius 2 is 1.63 bits per heavy atom. The van der Waals surface area contributed by atoms with E-state index in [9.17, 15) is 14.7 Å². The quantitative estimate of drug-likeness (QED) is 0.0821. The molecule has 3 atom stereocenters. The van der Waals surface area contributed by atoms with Gasteiger partial charge in [0.25, 0.3) is 0 Å². The minimum absolute atomic E-state index is 0.00748. The van der Waals surface area contributed by atoms with Crippen LogP contribution < -0.4 is 10.8 Å². The molecule has 3 aromatic rings. The third-order valence-corrected chi connectivity index (χ3v) is 8.77. The molecule has 0 saturated carbocycles. The van der Waals surface area contributed by atoms with Crippen molar-refractivity contribution in [2.75, 3.05) is 11.1 Å². The van der Waals surface area contributed by atoms with Gasteiger partial charge in [-0.05, 0) is 43.0 Å². The highest BCUT2D eigenvalue weighted by molar-refractivity contribution is 8.01. The third kappa shape index (κ3) is 9.87. The highest BCUT2D eigenvalue weighted by Gasteiger charge is 2.32. The molecule has 2 heterocycles. The van der Waals surface area contributed by atoms with E-state index in [1.165, 1.54) is 0 Å². The Morgan fingerprint density at radius 3 is 2.27 bits per heavy atom. The van der Waals surface area contributed by atoms with Crippen LogP contribution >= 0.6 is 23.1 Å². The van der Waals surface area contributed by atoms with Crippen molar-refractivity contribution in [1.82, 2.24) is 15.7 Å². The number of aliphatic hydroxyl groups excluding tert-OH is 1. The zero-order chi connectivity index (χ0) is 29.0. The molecule has 220 valence electrons. The molecule has 0 unspecified atom stereocenters. The number of unbranched alkanes of at least 4 members (excludes halogenated alkanes) is 3. The number of hydrogen-bond acceptors (Lipinski definition) is 10. The molecule has 0 radical (unpaired) electrons. The maximum atomic E-state index is 12.4. The van der Waals surface area contributed by atoms with E-state index in [0.717, 1.165) is 45.3 Å². The number of aliphatic hydroxyl groups is 1. The standard InChI is InChI=1S/C29H36N4O6S2/c1-19-31-32-29(41-19)40-18-24-16-25(21-10-8-20(17-34)9-11-21)39-28(38-24)22-12-14-23(15-13-22)30-26(35)6-4-2-3-5-7-27(36)33-37/h8-15,24-25,28,34,37H,2-7,16-18H2,1H3,(H,30,35)(H,33,36)/t24-,25+,28+/m0/s1. The number of thioether (sulfide) groups is 1. The summed E-state index contributed by atoms with van der Waals surface area (Å²) in [5, 5.41) is 30.1. The van der Waals surface area contributed by atoms with Gasteiger partial charge in [-0.25, -0.2) is 5.48 Å². The molecule has 0 aliphatic carbocycles. The number of benzene rings is 2. The normalized spacial score (nSPS) is 18.7. The van der Waals surface area contributed by atoms with Gasteiger partial charge in [0.2, 0.25) is 11.8 Å². The Labute approximate surface area is 247 Å². The van der Waals surface area contributed by atoms with E-state index in [-0.39, 0.29) is 37.0 Å². The van der Waals surface area contributed by atoms with E-state index >= 15 is 0 Å². The first-order valence-electron chi connectivity index (χ1n) is 13.7. The Morgan fingerprint density at radius 1 is 0.951 bits per heavy atom. The Kier molecular flexibility index (Phi) is 12.1. The number of nitrogens with one attached hydrogen (secondary N) is 2. The van der Waals surface area contributed by atoms with Crippen molar-refractivity contribution in [2.45, 2.75) is 81.3 Å². The van der Waals surface area contributed by atoms with Crippen LogP contribution in [0, 0.1) is 6.92 Å². The van der Waals surface area contributed by atoms with Crippen LogP contribution in [-0.4, -0.2) is 44.2 Å². The molecule has 4 rings (SSSR count). The van der Waals surface area contributed by atoms with Crippen LogP contribution in [0.2, 0.25) is 0 Å². The monoisotopic (exact) mass is 600 g/mol. The van der Waals surface area contributed by atoms with Crippen LogP contribution in [0.25, 0.3) is 0 Å². The van der Waals surface area contributed by atoms with Crippen molar-refractivity contribution in [3.63, 3.8) is 0 Å². The van der Waals surface area contributed by atoms with Gasteiger partial charge in [-0.3, -0.25) is 14.8 Å². The SMILES string of the molecule is Cc1nnc(SC[C@@H]2C[C@H](c3ccc(CO)cc3)O[C@H](c3ccc(NC(=O)CCCCCCC(=O)NO)cc3)O2)s1. The van der Waals surface area contributed by atoms with E-state index in [4.69, 9.17) is 14.7 Å². The van der Waals surface area contributed by atoms with Crippen molar-refractivity contribution >= 4 is 40.6 Å². The van der Waals surface area contributed by atoms with Crippen LogP contribution in [-0.2, 0) is 25.7 Å². The predicted octanol–water partition coefficient (Wildman–Crippen LogP) is 5.46. The Bertz CT molecular complexity index is 1250. The summed E-state index contributed by atoms with van der Waals surface area (Å²) >= 11 is 3.19. The fraction of sp³-hybridized carbons (Fsp3) is 0.448. The second-order valence-electron chi connectivity index (χ2n) is 9.87. The molecular weight excluding hydrogens is 564 g/mol. The molecule has 1 aromatic heterocycles. The molecular formula is C29H36N4O6S2. The summed E-state index contributed by atoms with van der Waals surface area (Å²) in [6, 6.07) is 15.3. The number of aromatic nitrogens is 2. The van der Waals surface area contributed by atoms with Gasteiger partial charge in [-0.15, -0.1) is 10.2 Å². The molecule has 2 aromatic carbocycles. The van der Waals surface area contributed by atoms with Crippen LogP contribution in [0.4, 0.5) is 5.69 Å². The highest BCUT2D eigenvalue weighted by atomic mass is 32.2. The molecule has 1 aliphatic heterocycles. The number of amides is 2. The van der Waals surface area contributed by atoms with Gasteiger partial charge in [-0.1, -0.05) is 72.3 Å². The number of rotatable bonds is 14. The summed E-state index contributed by atoms with van der Waals surface area (Å²) in [6.45, 7) is 1.93. The lowest BCUT2D eigenvalue weighted by Crippen LogP contribution is -2.31. The van der Waals surface area contributed by atoms with Gasteiger partial charge < -0.3 is 19.9 Å². The van der Waals surface area contributed by atoms with Crippen LogP contribution in [0.1, 0.15) is 79.0 Å². The molecule has 1 fully saturated rings. The van der Waals surface area contributed by atoms with Crippen molar-refractivity contribution in [3.05, 3.63) is 70.2 Å². The second-order valence-corrected chi connectivity index (χ2v) is 12.3. The first-order valence-corrected chi connectivity index (χ1v) is 15.5. The summed E-state index contributed by atoms with van der Waals surface area (Å²) in [4.78, 5) is 23.4. The topological polar surface area (TPSA) is 143 Å². The number of hydroxylamine groups is 1. The minimum atomic E-state index is -0.578. The maximum absolute atomic E-state index is 12.4. The summed E-state index contributed by atoms with van der Waals surface area (Å²) < 4.78 is 13.7. The molecule has 41 heavy (non-hydrogen) atoms. The predicted molar refractivity (Wildman–Crippen MR) is 156 cm³/mol. The Balaban J connectivity index is 1.33. The summed E-state index contributed by atoms with van der Waals surface area (Å²) in [7, 11) is 0. The lowest BCUT2D eigenvalue weighted by molar-refractivity contribution is -0.245. The van der Waals surface area contributed by atoms with Crippen LogP contribution in [0.5, 0.6) is 0 Å². The molecule has 0 bridgehead atoms. The maximum Gasteiger partial charge on any atom is 0.243 e. The first-order chi connectivity index (χ1) is 19.9. The fourth-order valence-electron chi connectivity index (χ4n) is 4.45. The number of anilines is 1. The number of carbonyl (C=O) groups excluding carboxylic acids is 2. The minimum Gasteiger partial charge on any atom is -0.392 e. The zero-order valence-electron chi connectivity index (χ0n) is 23.0. The highest BCUT2D eigenvalue weighted by Crippen LogP contribution is 2.39. The summed E-state index contributed by atoms with van der Waals surface area (Å²) in [5.41, 5.74) is 5.05. The second kappa shape index (κ2) is 15.9. The van der Waals surface area contributed by atoms with Crippen molar-refractivity contribution in [3.8, 4) is 0 Å². The van der Waals surface area contributed by atoms with Gasteiger partial charge in [-0.2, -0.15) is 0 Å². The van der Waals surface area contributed by atoms with Gasteiger partial charge in [0.15, 0.2) is 10.6 Å². The van der Waals surface area contributed by atoms with Gasteiger partial charge in [0, 0.05) is 36.3 Å². The number of aryl methyl sites for hydroxylation is 1. The molecule has 1 saturated heterocycles. The smallest absolute Gasteiger partial charge is 0.243 e. The van der Waals surface area contributed by atoms with Crippen molar-refractivity contribution < 1.29 is 29.4 Å². The summed E-state index contributed by atoms with van der Waals surface area (Å²) in [6.07, 6.45) is 3.59. The lowest BCUT2D eigenvalue weighted by atomic mass is 10.0. The van der Waals surface area contributed by atoms with Crippen molar-refractivity contribution in [2.24, 2.45) is 0 Å². The van der Waals surface area contributed by atoms with Crippen LogP contribution in [0.15, 0.2) is 52.9 Å². The molecule has 1 aliphatic rings. The van der Waals surface area contributed by atoms with Crippen molar-refractivity contribution in [1.29, 1.82) is 0 Å². The fourth-order valence-corrected chi connectivity index (χ4v) is 6.31. The van der Waals surface area contributed by atoms with E-state index < -0.39 is 6.29 Å². The molecule has 0 spiro atoms. The molecule has 12 heteroatoms. The lowest BCUT2D eigenvalue weighted by Gasteiger charge is -2.36. The van der Waals surface area contributed by atoms with E-state index in [1.807, 2.05) is 55.5 Å². The number of carbonyl (C=O) groups is 2. The number of ether oxygens (including phenoxy) is 2. The van der Waals surface area contributed by atoms with E-state index in [2.05, 4.69) is 15.5 Å². The van der Waals surface area contributed by atoms with Gasteiger partial charge >= 0.3 is 0 Å². The number of nitrogens with zero attached hydrogens (tertiary/aromatic N) is 2. The molecule has 2 amide bonds. The molecule has 10 nitrogen and oxygen atoms in total. The zero-order valence-corrected chi connectivity index (χ0v) is 24.6. The Hall–Kier alpha value is -2.87. The first kappa shape index (κ1) is 31.1. The largest absolute Gasteiger partial charge is 0.392 e. The average molecular weight is 601 g/mol. The van der Waals surface area contributed by atoms with E-state index in [1.54, 1.807) is 28.6 Å². The van der Waals surface area contributed by atoms with Gasteiger partial charge in [0.1, 0.15) is 5.01 Å². The third-order valence-electron chi connectivity index (χ3n) is 6.66.